The molecule has 2 aliphatic rings. The number of ether oxygens (including phenoxy) is 1. The predicted octanol–water partition coefficient (Wildman–Crippen LogP) is -2.96. The molecule has 0 N–H and O–H groups in total. The quantitative estimate of drug-likeness (QED) is 0.405. The van der Waals surface area contributed by atoms with E-state index in [9.17, 15) is 13.0 Å². The maximum atomic E-state index is 10.7. The van der Waals surface area contributed by atoms with Gasteiger partial charge in [0.1, 0.15) is 0 Å². The van der Waals surface area contributed by atoms with Crippen LogP contribution < -0.4 is 29.6 Å². The van der Waals surface area contributed by atoms with Gasteiger partial charge >= 0.3 is 29.6 Å². The monoisotopic (exact) mass is 271 g/mol. The molecule has 0 spiro atoms. The summed E-state index contributed by atoms with van der Waals surface area (Å²) in [7, 11) is -4.08. The summed E-state index contributed by atoms with van der Waals surface area (Å²) in [5.41, 5.74) is 0. The fourth-order valence-corrected chi connectivity index (χ4v) is 3.51. The van der Waals surface area contributed by atoms with Crippen LogP contribution in [-0.2, 0) is 14.9 Å². The minimum atomic E-state index is -4.08. The van der Waals surface area contributed by atoms with Crippen LogP contribution in [0.3, 0.4) is 0 Å². The molecule has 2 atom stereocenters. The number of hydrogen-bond acceptors (Lipinski definition) is 5. The minimum absolute atomic E-state index is 0. The van der Waals surface area contributed by atoms with E-state index in [0.29, 0.717) is 6.04 Å². The number of piperidine rings is 1. The Morgan fingerprint density at radius 2 is 2.12 bits per heavy atom. The van der Waals surface area contributed by atoms with E-state index in [2.05, 4.69) is 4.90 Å². The van der Waals surface area contributed by atoms with E-state index in [1.165, 1.54) is 0 Å². The molecule has 0 saturated carbocycles. The molecule has 2 unspecified atom stereocenters. The molecule has 2 heterocycles. The van der Waals surface area contributed by atoms with E-state index in [0.717, 1.165) is 45.6 Å². The van der Waals surface area contributed by atoms with Gasteiger partial charge in [-0.2, -0.15) is 0 Å². The first kappa shape index (κ1) is 15.9. The van der Waals surface area contributed by atoms with Crippen molar-refractivity contribution in [1.82, 2.24) is 4.90 Å². The summed E-state index contributed by atoms with van der Waals surface area (Å²) in [6.45, 7) is 3.28. The SMILES string of the molecule is O=S(=O)([O-])CC1CCCN(C2CCOC2)C1.[Na+]. The Bertz CT molecular complexity index is 329. The Kier molecular flexibility index (Phi) is 6.39. The summed E-state index contributed by atoms with van der Waals surface area (Å²) >= 11 is 0. The van der Waals surface area contributed by atoms with Gasteiger partial charge in [-0.05, 0) is 31.7 Å². The van der Waals surface area contributed by atoms with Crippen LogP contribution in [0.15, 0.2) is 0 Å². The largest absolute Gasteiger partial charge is 1.00 e. The van der Waals surface area contributed by atoms with E-state index in [-0.39, 0.29) is 41.2 Å². The molecule has 2 fully saturated rings. The van der Waals surface area contributed by atoms with E-state index in [1.54, 1.807) is 0 Å². The molecule has 0 aromatic carbocycles. The van der Waals surface area contributed by atoms with Crippen LogP contribution in [0, 0.1) is 5.92 Å². The molecule has 0 aliphatic carbocycles. The molecule has 17 heavy (non-hydrogen) atoms. The third kappa shape index (κ3) is 5.14. The molecule has 0 radical (unpaired) electrons. The van der Waals surface area contributed by atoms with E-state index in [1.807, 2.05) is 0 Å². The second kappa shape index (κ2) is 6.84. The third-order valence-electron chi connectivity index (χ3n) is 3.41. The van der Waals surface area contributed by atoms with Gasteiger partial charge in [-0.25, -0.2) is 8.42 Å². The van der Waals surface area contributed by atoms with Crippen molar-refractivity contribution in [3.05, 3.63) is 0 Å². The molecule has 0 bridgehead atoms. The second-order valence-electron chi connectivity index (χ2n) is 4.74. The molecule has 5 nitrogen and oxygen atoms in total. The van der Waals surface area contributed by atoms with E-state index < -0.39 is 10.1 Å². The molecule has 0 amide bonds. The van der Waals surface area contributed by atoms with Crippen molar-refractivity contribution in [1.29, 1.82) is 0 Å². The second-order valence-corrected chi connectivity index (χ2v) is 6.19. The van der Waals surface area contributed by atoms with E-state index >= 15 is 0 Å². The van der Waals surface area contributed by atoms with Crippen molar-refractivity contribution in [2.24, 2.45) is 5.92 Å². The Morgan fingerprint density at radius 3 is 2.71 bits per heavy atom. The first-order chi connectivity index (χ1) is 7.54. The minimum Gasteiger partial charge on any atom is -0.748 e. The summed E-state index contributed by atoms with van der Waals surface area (Å²) in [6.07, 6.45) is 2.86. The first-order valence-corrected chi connectivity index (χ1v) is 7.38. The zero-order valence-electron chi connectivity index (χ0n) is 10.3. The summed E-state index contributed by atoms with van der Waals surface area (Å²) in [6, 6.07) is 0.428. The molecule has 2 rings (SSSR count). The van der Waals surface area contributed by atoms with Gasteiger partial charge in [-0.3, -0.25) is 4.90 Å². The van der Waals surface area contributed by atoms with Gasteiger partial charge in [0.05, 0.1) is 16.7 Å². The zero-order valence-corrected chi connectivity index (χ0v) is 13.1. The van der Waals surface area contributed by atoms with Crippen molar-refractivity contribution in [2.75, 3.05) is 32.1 Å². The first-order valence-electron chi connectivity index (χ1n) is 5.80. The van der Waals surface area contributed by atoms with Crippen LogP contribution in [0.25, 0.3) is 0 Å². The van der Waals surface area contributed by atoms with Crippen molar-refractivity contribution < 1.29 is 47.3 Å². The van der Waals surface area contributed by atoms with Gasteiger partial charge in [0.25, 0.3) is 0 Å². The molecule has 7 heteroatoms. The standard InChI is InChI=1S/C10H19NO4S.Na/c12-16(13,14)8-9-2-1-4-11(6-9)10-3-5-15-7-10;/h9-10H,1-8H2,(H,12,13,14);/q;+1/p-1. The average molecular weight is 271 g/mol. The fraction of sp³-hybridized carbons (Fsp3) is 1.00. The van der Waals surface area contributed by atoms with Crippen LogP contribution in [0.5, 0.6) is 0 Å². The van der Waals surface area contributed by atoms with Crippen LogP contribution in [0.4, 0.5) is 0 Å². The fourth-order valence-electron chi connectivity index (χ4n) is 2.66. The number of hydrogen-bond donors (Lipinski definition) is 0. The Labute approximate surface area is 125 Å². The summed E-state index contributed by atoms with van der Waals surface area (Å²) in [5, 5.41) is 0. The third-order valence-corrected chi connectivity index (χ3v) is 4.29. The van der Waals surface area contributed by atoms with Crippen LogP contribution in [0.1, 0.15) is 19.3 Å². The van der Waals surface area contributed by atoms with Crippen LogP contribution in [-0.4, -0.2) is 56.0 Å². The number of likely N-dealkylation sites (tertiary alicyclic amines) is 1. The van der Waals surface area contributed by atoms with Crippen molar-refractivity contribution in [2.45, 2.75) is 25.3 Å². The summed E-state index contributed by atoms with van der Waals surface area (Å²) in [5.74, 6) is -0.200. The Morgan fingerprint density at radius 1 is 1.35 bits per heavy atom. The topological polar surface area (TPSA) is 69.7 Å². The van der Waals surface area contributed by atoms with Gasteiger partial charge in [0, 0.05) is 24.9 Å². The van der Waals surface area contributed by atoms with Crippen molar-refractivity contribution in [3.63, 3.8) is 0 Å². The molecular weight excluding hydrogens is 253 g/mol. The van der Waals surface area contributed by atoms with Crippen molar-refractivity contribution in [3.8, 4) is 0 Å². The van der Waals surface area contributed by atoms with Gasteiger partial charge < -0.3 is 9.29 Å². The number of nitrogens with zero attached hydrogens (tertiary/aromatic N) is 1. The molecule has 94 valence electrons. The molecular formula is C10H18NNaO4S. The van der Waals surface area contributed by atoms with Crippen molar-refractivity contribution >= 4 is 10.1 Å². The molecule has 2 aliphatic heterocycles. The smallest absolute Gasteiger partial charge is 0.748 e. The molecule has 2 saturated heterocycles. The zero-order chi connectivity index (χ0) is 11.6. The van der Waals surface area contributed by atoms with Gasteiger partial charge in [-0.15, -0.1) is 0 Å². The maximum Gasteiger partial charge on any atom is 1.00 e. The van der Waals surface area contributed by atoms with Crippen LogP contribution in [0.2, 0.25) is 0 Å². The summed E-state index contributed by atoms with van der Waals surface area (Å²) in [4.78, 5) is 2.28. The van der Waals surface area contributed by atoms with Crippen LogP contribution >= 0.6 is 0 Å². The average Bonchev–Trinajstić information content (AvgIpc) is 2.68. The predicted molar refractivity (Wildman–Crippen MR) is 58.1 cm³/mol. The Hall–Kier alpha value is 0.830. The maximum absolute atomic E-state index is 10.7. The van der Waals surface area contributed by atoms with Gasteiger partial charge in [0.15, 0.2) is 0 Å². The summed E-state index contributed by atoms with van der Waals surface area (Å²) < 4.78 is 37.5. The Balaban J connectivity index is 0.00000144. The molecule has 0 aromatic rings. The molecule has 0 aromatic heterocycles. The van der Waals surface area contributed by atoms with Gasteiger partial charge in [0.2, 0.25) is 0 Å². The normalized spacial score (nSPS) is 31.1. The van der Waals surface area contributed by atoms with E-state index in [4.69, 9.17) is 4.74 Å². The van der Waals surface area contributed by atoms with Gasteiger partial charge in [-0.1, -0.05) is 0 Å². The number of rotatable bonds is 3.